The van der Waals surface area contributed by atoms with Gasteiger partial charge in [0.05, 0.1) is 6.04 Å². The van der Waals surface area contributed by atoms with Crippen molar-refractivity contribution in [3.8, 4) is 11.8 Å². The fourth-order valence-corrected chi connectivity index (χ4v) is 3.72. The van der Waals surface area contributed by atoms with Crippen molar-refractivity contribution in [2.45, 2.75) is 37.3 Å². The number of aliphatic hydroxyl groups is 1. The highest BCUT2D eigenvalue weighted by atomic mass is 19.1. The molecule has 5 heteroatoms. The van der Waals surface area contributed by atoms with E-state index in [9.17, 15) is 9.50 Å². The van der Waals surface area contributed by atoms with Crippen LogP contribution in [-0.4, -0.2) is 19.9 Å². The molecule has 0 radical (unpaired) electrons. The predicted molar refractivity (Wildman–Crippen MR) is 100 cm³/mol. The number of rotatable bonds is 2. The van der Waals surface area contributed by atoms with Crippen LogP contribution in [-0.2, 0) is 5.60 Å². The number of halogens is 1. The van der Waals surface area contributed by atoms with Gasteiger partial charge >= 0.3 is 0 Å². The van der Waals surface area contributed by atoms with Gasteiger partial charge in [0.2, 0.25) is 0 Å². The molecule has 1 aliphatic carbocycles. The summed E-state index contributed by atoms with van der Waals surface area (Å²) < 4.78 is 14.7. The van der Waals surface area contributed by atoms with Crippen LogP contribution in [0.2, 0.25) is 0 Å². The van der Waals surface area contributed by atoms with Gasteiger partial charge in [0.25, 0.3) is 0 Å². The SMILES string of the molecule is OC1(c2ccc(C#Cc3ccc(F)cc3)cc2)CCCCC1n1cncn1. The van der Waals surface area contributed by atoms with Crippen LogP contribution < -0.4 is 0 Å². The van der Waals surface area contributed by atoms with Gasteiger partial charge in [-0.1, -0.05) is 36.8 Å². The minimum absolute atomic E-state index is 0.120. The molecule has 0 amide bonds. The van der Waals surface area contributed by atoms with Crippen LogP contribution in [0.15, 0.2) is 61.2 Å². The average Bonchev–Trinajstić information content (AvgIpc) is 3.23. The zero-order chi connectivity index (χ0) is 18.7. The van der Waals surface area contributed by atoms with E-state index in [2.05, 4.69) is 21.9 Å². The summed E-state index contributed by atoms with van der Waals surface area (Å²) >= 11 is 0. The highest BCUT2D eigenvalue weighted by Gasteiger charge is 2.42. The van der Waals surface area contributed by atoms with E-state index in [1.807, 2.05) is 24.3 Å². The van der Waals surface area contributed by atoms with Crippen molar-refractivity contribution in [3.05, 3.63) is 83.7 Å². The molecule has 0 aliphatic heterocycles. The highest BCUT2D eigenvalue weighted by molar-refractivity contribution is 5.44. The maximum Gasteiger partial charge on any atom is 0.137 e. The third-order valence-electron chi connectivity index (χ3n) is 5.17. The van der Waals surface area contributed by atoms with Crippen molar-refractivity contribution in [2.24, 2.45) is 0 Å². The van der Waals surface area contributed by atoms with Crippen molar-refractivity contribution in [3.63, 3.8) is 0 Å². The lowest BCUT2D eigenvalue weighted by Crippen LogP contribution is -2.39. The second-order valence-electron chi connectivity index (χ2n) is 6.90. The van der Waals surface area contributed by atoms with Crippen molar-refractivity contribution >= 4 is 0 Å². The maximum atomic E-state index is 13.0. The topological polar surface area (TPSA) is 50.9 Å². The summed E-state index contributed by atoms with van der Waals surface area (Å²) in [5, 5.41) is 15.7. The molecule has 1 N–H and O–H groups in total. The van der Waals surface area contributed by atoms with Gasteiger partial charge in [-0.2, -0.15) is 5.10 Å². The first-order chi connectivity index (χ1) is 13.1. The van der Waals surface area contributed by atoms with E-state index in [-0.39, 0.29) is 11.9 Å². The summed E-state index contributed by atoms with van der Waals surface area (Å²) in [7, 11) is 0. The summed E-state index contributed by atoms with van der Waals surface area (Å²) in [5.74, 6) is 5.84. The Morgan fingerprint density at radius 3 is 2.30 bits per heavy atom. The summed E-state index contributed by atoms with van der Waals surface area (Å²) in [4.78, 5) is 4.03. The van der Waals surface area contributed by atoms with Gasteiger partial charge in [-0.15, -0.1) is 0 Å². The molecule has 27 heavy (non-hydrogen) atoms. The van der Waals surface area contributed by atoms with Crippen LogP contribution in [0.1, 0.15) is 48.4 Å². The molecular formula is C22H20FN3O. The Hall–Kier alpha value is -2.97. The number of nitrogens with zero attached hydrogens (tertiary/aromatic N) is 3. The van der Waals surface area contributed by atoms with Crippen LogP contribution in [0.4, 0.5) is 4.39 Å². The summed E-state index contributed by atoms with van der Waals surface area (Å²) in [6, 6.07) is 13.7. The monoisotopic (exact) mass is 361 g/mol. The Morgan fingerprint density at radius 2 is 1.67 bits per heavy atom. The Bertz CT molecular complexity index is 956. The Kier molecular flexibility index (Phi) is 4.74. The molecule has 2 atom stereocenters. The molecule has 2 aromatic carbocycles. The number of hydrogen-bond acceptors (Lipinski definition) is 3. The van der Waals surface area contributed by atoms with E-state index in [1.54, 1.807) is 23.1 Å². The lowest BCUT2D eigenvalue weighted by molar-refractivity contribution is -0.0516. The van der Waals surface area contributed by atoms with E-state index in [0.29, 0.717) is 6.42 Å². The lowest BCUT2D eigenvalue weighted by Gasteiger charge is -2.40. The Balaban J connectivity index is 1.58. The Morgan fingerprint density at radius 1 is 1.00 bits per heavy atom. The van der Waals surface area contributed by atoms with Crippen LogP contribution in [0, 0.1) is 17.7 Å². The molecule has 1 heterocycles. The molecule has 1 aromatic heterocycles. The predicted octanol–water partition coefficient (Wildman–Crippen LogP) is 3.82. The van der Waals surface area contributed by atoms with Gasteiger partial charge in [-0.05, 0) is 54.8 Å². The maximum absolute atomic E-state index is 13.0. The highest BCUT2D eigenvalue weighted by Crippen LogP contribution is 2.44. The van der Waals surface area contributed by atoms with E-state index in [4.69, 9.17) is 0 Å². The minimum Gasteiger partial charge on any atom is -0.383 e. The first-order valence-corrected chi connectivity index (χ1v) is 9.10. The van der Waals surface area contributed by atoms with Crippen molar-refractivity contribution in [1.29, 1.82) is 0 Å². The molecule has 1 aliphatic rings. The van der Waals surface area contributed by atoms with Gasteiger partial charge in [0.1, 0.15) is 24.1 Å². The standard InChI is InChI=1S/C22H20FN3O/c23-20-12-8-18(9-13-20)5-4-17-6-10-19(11-7-17)22(27)14-2-1-3-21(22)26-16-24-15-25-26/h6-13,15-16,21,27H,1-3,14H2. The molecular weight excluding hydrogens is 341 g/mol. The lowest BCUT2D eigenvalue weighted by atomic mass is 9.75. The third kappa shape index (κ3) is 3.62. The Labute approximate surface area is 157 Å². The average molecular weight is 361 g/mol. The van der Waals surface area contributed by atoms with Gasteiger partial charge < -0.3 is 5.11 Å². The van der Waals surface area contributed by atoms with Crippen molar-refractivity contribution in [1.82, 2.24) is 14.8 Å². The smallest absolute Gasteiger partial charge is 0.137 e. The molecule has 2 unspecified atom stereocenters. The van der Waals surface area contributed by atoms with Crippen LogP contribution in [0.5, 0.6) is 0 Å². The zero-order valence-corrected chi connectivity index (χ0v) is 14.8. The fourth-order valence-electron chi connectivity index (χ4n) is 3.72. The number of aromatic nitrogens is 3. The largest absolute Gasteiger partial charge is 0.383 e. The first kappa shape index (κ1) is 17.4. The molecule has 4 rings (SSSR count). The fraction of sp³-hybridized carbons (Fsp3) is 0.273. The second kappa shape index (κ2) is 7.34. The third-order valence-corrected chi connectivity index (χ3v) is 5.17. The van der Waals surface area contributed by atoms with Crippen molar-refractivity contribution < 1.29 is 9.50 Å². The van der Waals surface area contributed by atoms with E-state index in [1.165, 1.54) is 18.5 Å². The summed E-state index contributed by atoms with van der Waals surface area (Å²) in [6.07, 6.45) is 6.78. The normalized spacial score (nSPS) is 22.1. The number of hydrogen-bond donors (Lipinski definition) is 1. The summed E-state index contributed by atoms with van der Waals surface area (Å²) in [5.41, 5.74) is 1.52. The minimum atomic E-state index is -0.963. The zero-order valence-electron chi connectivity index (χ0n) is 14.8. The second-order valence-corrected chi connectivity index (χ2v) is 6.90. The van der Waals surface area contributed by atoms with Gasteiger partial charge in [-0.3, -0.25) is 0 Å². The number of benzene rings is 2. The molecule has 3 aromatic rings. The van der Waals surface area contributed by atoms with Crippen molar-refractivity contribution in [2.75, 3.05) is 0 Å². The van der Waals surface area contributed by atoms with Gasteiger partial charge in [-0.25, -0.2) is 14.1 Å². The van der Waals surface area contributed by atoms with Crippen LogP contribution >= 0.6 is 0 Å². The molecule has 0 saturated heterocycles. The molecule has 0 bridgehead atoms. The van der Waals surface area contributed by atoms with Gasteiger partial charge in [0, 0.05) is 11.1 Å². The van der Waals surface area contributed by atoms with E-state index in [0.717, 1.165) is 36.0 Å². The first-order valence-electron chi connectivity index (χ1n) is 9.10. The molecule has 1 fully saturated rings. The molecule has 0 spiro atoms. The molecule has 4 nitrogen and oxygen atoms in total. The van der Waals surface area contributed by atoms with E-state index < -0.39 is 5.60 Å². The quantitative estimate of drug-likeness (QED) is 0.706. The molecule has 1 saturated carbocycles. The summed E-state index contributed by atoms with van der Waals surface area (Å²) in [6.45, 7) is 0. The van der Waals surface area contributed by atoms with Gasteiger partial charge in [0.15, 0.2) is 0 Å². The van der Waals surface area contributed by atoms with Crippen LogP contribution in [0.3, 0.4) is 0 Å². The van der Waals surface area contributed by atoms with E-state index >= 15 is 0 Å². The molecule has 136 valence electrons. The van der Waals surface area contributed by atoms with Crippen LogP contribution in [0.25, 0.3) is 0 Å².